The highest BCUT2D eigenvalue weighted by atomic mass is 16.5. The fourth-order valence-corrected chi connectivity index (χ4v) is 2.27. The predicted octanol–water partition coefficient (Wildman–Crippen LogP) is 3.01. The molecule has 1 aromatic carbocycles. The van der Waals surface area contributed by atoms with Crippen LogP contribution in [0.25, 0.3) is 0 Å². The number of ether oxygens (including phenoxy) is 2. The molecule has 3 heteroatoms. The molecular weight excluding hydrogens is 228 g/mol. The standard InChI is InChI=1S/C15H20O3/c1-3-4-11(2)7-12-5-6-14-15(8-12)18-10-13(16)9-17-14/h5-6,8,11H,3-4,7,9-10H2,1-2H3. The van der Waals surface area contributed by atoms with Crippen molar-refractivity contribution in [3.63, 3.8) is 0 Å². The number of Topliss-reactive ketones (excluding diaryl/α,β-unsaturated/α-hetero) is 1. The molecule has 1 unspecified atom stereocenters. The quantitative estimate of drug-likeness (QED) is 0.821. The number of ketones is 1. The van der Waals surface area contributed by atoms with E-state index in [2.05, 4.69) is 19.9 Å². The predicted molar refractivity (Wildman–Crippen MR) is 70.2 cm³/mol. The summed E-state index contributed by atoms with van der Waals surface area (Å²) in [6.07, 6.45) is 3.48. The molecule has 0 spiro atoms. The molecule has 2 rings (SSSR count). The van der Waals surface area contributed by atoms with Crippen LogP contribution in [0, 0.1) is 5.92 Å². The molecule has 0 saturated heterocycles. The summed E-state index contributed by atoms with van der Waals surface area (Å²) >= 11 is 0. The van der Waals surface area contributed by atoms with Gasteiger partial charge in [-0.1, -0.05) is 32.8 Å². The highest BCUT2D eigenvalue weighted by Crippen LogP contribution is 2.31. The van der Waals surface area contributed by atoms with Gasteiger partial charge in [-0.25, -0.2) is 0 Å². The number of carbonyl (C=O) groups is 1. The second kappa shape index (κ2) is 5.89. The Morgan fingerprint density at radius 3 is 2.67 bits per heavy atom. The van der Waals surface area contributed by atoms with Crippen molar-refractivity contribution in [2.24, 2.45) is 5.92 Å². The molecule has 1 atom stereocenters. The van der Waals surface area contributed by atoms with Crippen molar-refractivity contribution in [1.82, 2.24) is 0 Å². The second-order valence-electron chi connectivity index (χ2n) is 5.00. The molecule has 0 radical (unpaired) electrons. The van der Waals surface area contributed by atoms with Gasteiger partial charge >= 0.3 is 0 Å². The minimum absolute atomic E-state index is 0.0212. The zero-order chi connectivity index (χ0) is 13.0. The van der Waals surface area contributed by atoms with Crippen LogP contribution in [0.2, 0.25) is 0 Å². The van der Waals surface area contributed by atoms with E-state index in [1.165, 1.54) is 18.4 Å². The molecule has 0 amide bonds. The van der Waals surface area contributed by atoms with Gasteiger partial charge in [0.2, 0.25) is 5.78 Å². The van der Waals surface area contributed by atoms with Gasteiger partial charge in [0.15, 0.2) is 24.7 Å². The molecule has 1 aliphatic heterocycles. The number of rotatable bonds is 4. The lowest BCUT2D eigenvalue weighted by atomic mass is 9.97. The van der Waals surface area contributed by atoms with Gasteiger partial charge < -0.3 is 9.47 Å². The van der Waals surface area contributed by atoms with E-state index in [-0.39, 0.29) is 19.0 Å². The second-order valence-corrected chi connectivity index (χ2v) is 5.00. The van der Waals surface area contributed by atoms with E-state index in [1.807, 2.05) is 12.1 Å². The molecule has 0 fully saturated rings. The van der Waals surface area contributed by atoms with Crippen LogP contribution in [0.3, 0.4) is 0 Å². The largest absolute Gasteiger partial charge is 0.482 e. The van der Waals surface area contributed by atoms with Gasteiger partial charge in [-0.3, -0.25) is 4.79 Å². The lowest BCUT2D eigenvalue weighted by molar-refractivity contribution is -0.122. The first-order valence-electron chi connectivity index (χ1n) is 6.59. The Hall–Kier alpha value is -1.51. The van der Waals surface area contributed by atoms with Gasteiger partial charge in [0, 0.05) is 0 Å². The van der Waals surface area contributed by atoms with Crippen LogP contribution in [0.15, 0.2) is 18.2 Å². The molecule has 18 heavy (non-hydrogen) atoms. The van der Waals surface area contributed by atoms with Crippen LogP contribution in [0.4, 0.5) is 0 Å². The maximum Gasteiger partial charge on any atom is 0.207 e. The van der Waals surface area contributed by atoms with Crippen molar-refractivity contribution in [1.29, 1.82) is 0 Å². The zero-order valence-corrected chi connectivity index (χ0v) is 11.1. The summed E-state index contributed by atoms with van der Waals surface area (Å²) in [6, 6.07) is 5.96. The van der Waals surface area contributed by atoms with E-state index >= 15 is 0 Å². The molecule has 1 aliphatic rings. The molecule has 1 heterocycles. The van der Waals surface area contributed by atoms with Crippen molar-refractivity contribution in [3.05, 3.63) is 23.8 Å². The lowest BCUT2D eigenvalue weighted by Gasteiger charge is -2.12. The topological polar surface area (TPSA) is 35.5 Å². The lowest BCUT2D eigenvalue weighted by Crippen LogP contribution is -2.15. The summed E-state index contributed by atoms with van der Waals surface area (Å²) in [5.74, 6) is 2.02. The Kier molecular flexibility index (Phi) is 4.24. The molecular formula is C15H20O3. The van der Waals surface area contributed by atoms with Crippen LogP contribution in [0.5, 0.6) is 11.5 Å². The molecule has 0 aromatic heterocycles. The summed E-state index contributed by atoms with van der Waals surface area (Å²) in [5, 5.41) is 0. The number of fused-ring (bicyclic) bond motifs is 1. The fraction of sp³-hybridized carbons (Fsp3) is 0.533. The Morgan fingerprint density at radius 1 is 1.22 bits per heavy atom. The number of carbonyl (C=O) groups excluding carboxylic acids is 1. The summed E-state index contributed by atoms with van der Waals surface area (Å²) < 4.78 is 10.9. The Bertz CT molecular complexity index is 426. The monoisotopic (exact) mass is 248 g/mol. The Balaban J connectivity index is 2.09. The van der Waals surface area contributed by atoms with Crippen LogP contribution < -0.4 is 9.47 Å². The minimum atomic E-state index is -0.0212. The fourth-order valence-electron chi connectivity index (χ4n) is 2.27. The van der Waals surface area contributed by atoms with E-state index in [0.29, 0.717) is 17.4 Å². The van der Waals surface area contributed by atoms with Gasteiger partial charge in [0.1, 0.15) is 0 Å². The molecule has 1 aromatic rings. The molecule has 0 N–H and O–H groups in total. The third kappa shape index (κ3) is 3.25. The first-order chi connectivity index (χ1) is 8.69. The molecule has 98 valence electrons. The smallest absolute Gasteiger partial charge is 0.207 e. The molecule has 3 nitrogen and oxygen atoms in total. The third-order valence-corrected chi connectivity index (χ3v) is 3.15. The van der Waals surface area contributed by atoms with E-state index < -0.39 is 0 Å². The van der Waals surface area contributed by atoms with Gasteiger partial charge in [0.25, 0.3) is 0 Å². The molecule has 0 bridgehead atoms. The number of hydrogen-bond acceptors (Lipinski definition) is 3. The van der Waals surface area contributed by atoms with Crippen LogP contribution >= 0.6 is 0 Å². The number of hydrogen-bond donors (Lipinski definition) is 0. The first-order valence-corrected chi connectivity index (χ1v) is 6.59. The average Bonchev–Trinajstić information content (AvgIpc) is 2.52. The van der Waals surface area contributed by atoms with Gasteiger partial charge in [-0.2, -0.15) is 0 Å². The van der Waals surface area contributed by atoms with Crippen LogP contribution in [-0.2, 0) is 11.2 Å². The molecule has 0 aliphatic carbocycles. The normalized spacial score (nSPS) is 16.2. The van der Waals surface area contributed by atoms with E-state index in [9.17, 15) is 4.79 Å². The van der Waals surface area contributed by atoms with Crippen molar-refractivity contribution in [2.45, 2.75) is 33.1 Å². The summed E-state index contributed by atoms with van der Waals surface area (Å²) in [7, 11) is 0. The molecule has 0 saturated carbocycles. The van der Waals surface area contributed by atoms with Crippen molar-refractivity contribution < 1.29 is 14.3 Å². The number of benzene rings is 1. The van der Waals surface area contributed by atoms with E-state index in [4.69, 9.17) is 9.47 Å². The van der Waals surface area contributed by atoms with Gasteiger partial charge in [0.05, 0.1) is 0 Å². The Labute approximate surface area is 108 Å². The maximum atomic E-state index is 11.2. The van der Waals surface area contributed by atoms with Gasteiger partial charge in [-0.15, -0.1) is 0 Å². The van der Waals surface area contributed by atoms with Gasteiger partial charge in [-0.05, 0) is 30.0 Å². The Morgan fingerprint density at radius 2 is 1.94 bits per heavy atom. The summed E-state index contributed by atoms with van der Waals surface area (Å²) in [5.41, 5.74) is 1.24. The minimum Gasteiger partial charge on any atom is -0.482 e. The first kappa shape index (κ1) is 12.9. The zero-order valence-electron chi connectivity index (χ0n) is 11.1. The van der Waals surface area contributed by atoms with Crippen LogP contribution in [0.1, 0.15) is 32.3 Å². The van der Waals surface area contributed by atoms with Crippen LogP contribution in [-0.4, -0.2) is 19.0 Å². The average molecular weight is 248 g/mol. The van der Waals surface area contributed by atoms with Crippen molar-refractivity contribution >= 4 is 5.78 Å². The highest BCUT2D eigenvalue weighted by Gasteiger charge is 2.15. The third-order valence-electron chi connectivity index (χ3n) is 3.15. The van der Waals surface area contributed by atoms with Crippen molar-refractivity contribution in [3.8, 4) is 11.5 Å². The van der Waals surface area contributed by atoms with E-state index in [0.717, 1.165) is 6.42 Å². The van der Waals surface area contributed by atoms with Crippen molar-refractivity contribution in [2.75, 3.05) is 13.2 Å². The highest BCUT2D eigenvalue weighted by molar-refractivity contribution is 5.82. The SMILES string of the molecule is CCCC(C)Cc1ccc2c(c1)OCC(=O)CO2. The van der Waals surface area contributed by atoms with E-state index in [1.54, 1.807) is 0 Å². The maximum absolute atomic E-state index is 11.2. The summed E-state index contributed by atoms with van der Waals surface area (Å²) in [4.78, 5) is 11.2. The summed E-state index contributed by atoms with van der Waals surface area (Å²) in [6.45, 7) is 4.69.